The molecule has 1 aliphatic carbocycles. The van der Waals surface area contributed by atoms with Crippen molar-refractivity contribution in [3.8, 4) is 0 Å². The van der Waals surface area contributed by atoms with Crippen molar-refractivity contribution < 1.29 is 0 Å². The van der Waals surface area contributed by atoms with Crippen molar-refractivity contribution >= 4 is 5.95 Å². The van der Waals surface area contributed by atoms with Crippen molar-refractivity contribution in [3.05, 3.63) is 11.9 Å². The van der Waals surface area contributed by atoms with Crippen LogP contribution in [0.3, 0.4) is 0 Å². The standard InChI is InChI=1S/C14H24N4/c1-3-11-9-18(12-4-5-12)14(16-11)17-7-6-13(15)10(2)8-17/h9-10,12-13H,3-8,15H2,1-2H3. The van der Waals surface area contributed by atoms with Crippen molar-refractivity contribution in [3.63, 3.8) is 0 Å². The van der Waals surface area contributed by atoms with Crippen molar-refractivity contribution in [2.24, 2.45) is 11.7 Å². The van der Waals surface area contributed by atoms with E-state index < -0.39 is 0 Å². The molecule has 4 nitrogen and oxygen atoms in total. The predicted octanol–water partition coefficient (Wildman–Crippen LogP) is 1.95. The lowest BCUT2D eigenvalue weighted by molar-refractivity contribution is 0.377. The summed E-state index contributed by atoms with van der Waals surface area (Å²) in [4.78, 5) is 7.26. The fourth-order valence-electron chi connectivity index (χ4n) is 2.80. The number of nitrogens with two attached hydrogens (primary N) is 1. The minimum absolute atomic E-state index is 0.358. The van der Waals surface area contributed by atoms with E-state index in [4.69, 9.17) is 10.7 Å². The Morgan fingerprint density at radius 1 is 1.39 bits per heavy atom. The van der Waals surface area contributed by atoms with E-state index in [0.29, 0.717) is 18.0 Å². The highest BCUT2D eigenvalue weighted by Gasteiger charge is 2.31. The van der Waals surface area contributed by atoms with Gasteiger partial charge in [-0.05, 0) is 31.6 Å². The summed E-state index contributed by atoms with van der Waals surface area (Å²) < 4.78 is 2.41. The quantitative estimate of drug-likeness (QED) is 0.889. The zero-order valence-corrected chi connectivity index (χ0v) is 11.5. The average Bonchev–Trinajstić information content (AvgIpc) is 3.12. The van der Waals surface area contributed by atoms with Gasteiger partial charge in [-0.3, -0.25) is 0 Å². The van der Waals surface area contributed by atoms with Crippen molar-refractivity contribution in [2.75, 3.05) is 18.0 Å². The third-order valence-electron chi connectivity index (χ3n) is 4.32. The number of hydrogen-bond acceptors (Lipinski definition) is 3. The van der Waals surface area contributed by atoms with E-state index in [0.717, 1.165) is 25.9 Å². The van der Waals surface area contributed by atoms with E-state index in [1.807, 2.05) is 0 Å². The van der Waals surface area contributed by atoms with Gasteiger partial charge in [-0.15, -0.1) is 0 Å². The Balaban J connectivity index is 1.84. The lowest BCUT2D eigenvalue weighted by Gasteiger charge is -2.35. The Bertz CT molecular complexity index is 421. The second-order valence-corrected chi connectivity index (χ2v) is 5.90. The predicted molar refractivity (Wildman–Crippen MR) is 73.8 cm³/mol. The summed E-state index contributed by atoms with van der Waals surface area (Å²) in [5.41, 5.74) is 7.33. The summed E-state index contributed by atoms with van der Waals surface area (Å²) in [6.45, 7) is 6.53. The first-order chi connectivity index (χ1) is 8.69. The highest BCUT2D eigenvalue weighted by atomic mass is 15.3. The number of anilines is 1. The molecule has 2 atom stereocenters. The van der Waals surface area contributed by atoms with Gasteiger partial charge in [0, 0.05) is 31.4 Å². The van der Waals surface area contributed by atoms with Gasteiger partial charge >= 0.3 is 0 Å². The van der Waals surface area contributed by atoms with E-state index >= 15 is 0 Å². The first-order valence-electron chi connectivity index (χ1n) is 7.27. The number of piperidine rings is 1. The van der Waals surface area contributed by atoms with Crippen LogP contribution in [0.4, 0.5) is 5.95 Å². The van der Waals surface area contributed by atoms with Crippen LogP contribution >= 0.6 is 0 Å². The molecule has 0 radical (unpaired) electrons. The minimum atomic E-state index is 0.358. The highest BCUT2D eigenvalue weighted by molar-refractivity contribution is 5.36. The summed E-state index contributed by atoms with van der Waals surface area (Å²) in [5, 5.41) is 0. The molecule has 4 heteroatoms. The summed E-state index contributed by atoms with van der Waals surface area (Å²) >= 11 is 0. The maximum Gasteiger partial charge on any atom is 0.205 e. The number of aromatic nitrogens is 2. The molecule has 0 spiro atoms. The van der Waals surface area contributed by atoms with Gasteiger partial charge < -0.3 is 15.2 Å². The SMILES string of the molecule is CCc1cn(C2CC2)c(N2CCC(N)C(C)C2)n1. The number of nitrogens with zero attached hydrogens (tertiary/aromatic N) is 3. The number of imidazole rings is 1. The van der Waals surface area contributed by atoms with Crippen LogP contribution < -0.4 is 10.6 Å². The molecule has 0 amide bonds. The van der Waals surface area contributed by atoms with Gasteiger partial charge in [-0.2, -0.15) is 0 Å². The Kier molecular flexibility index (Phi) is 3.06. The van der Waals surface area contributed by atoms with Gasteiger partial charge in [-0.25, -0.2) is 4.98 Å². The van der Waals surface area contributed by atoms with Gasteiger partial charge in [0.1, 0.15) is 0 Å². The lowest BCUT2D eigenvalue weighted by Crippen LogP contribution is -2.46. The van der Waals surface area contributed by atoms with Crippen molar-refractivity contribution in [2.45, 2.75) is 51.6 Å². The fraction of sp³-hybridized carbons (Fsp3) is 0.786. The summed E-state index contributed by atoms with van der Waals surface area (Å²) in [6.07, 6.45) is 6.99. The Labute approximate surface area is 109 Å². The van der Waals surface area contributed by atoms with E-state index in [1.165, 1.54) is 24.5 Å². The van der Waals surface area contributed by atoms with Crippen LogP contribution in [0.5, 0.6) is 0 Å². The molecular weight excluding hydrogens is 224 g/mol. The lowest BCUT2D eigenvalue weighted by atomic mass is 9.95. The van der Waals surface area contributed by atoms with Crippen LogP contribution in [0, 0.1) is 5.92 Å². The Hall–Kier alpha value is -1.03. The molecule has 2 fully saturated rings. The minimum Gasteiger partial charge on any atom is -0.342 e. The van der Waals surface area contributed by atoms with Gasteiger partial charge in [-0.1, -0.05) is 13.8 Å². The summed E-state index contributed by atoms with van der Waals surface area (Å²) in [7, 11) is 0. The van der Waals surface area contributed by atoms with Gasteiger partial charge in [0.15, 0.2) is 0 Å². The normalized spacial score (nSPS) is 28.7. The summed E-state index contributed by atoms with van der Waals surface area (Å²) in [6, 6.07) is 1.06. The highest BCUT2D eigenvalue weighted by Crippen LogP contribution is 2.39. The number of hydrogen-bond donors (Lipinski definition) is 1. The van der Waals surface area contributed by atoms with E-state index in [-0.39, 0.29) is 0 Å². The number of rotatable bonds is 3. The van der Waals surface area contributed by atoms with Crippen molar-refractivity contribution in [1.29, 1.82) is 0 Å². The molecule has 18 heavy (non-hydrogen) atoms. The maximum absolute atomic E-state index is 6.11. The number of aryl methyl sites for hydroxylation is 1. The molecule has 100 valence electrons. The third kappa shape index (κ3) is 2.14. The third-order valence-corrected chi connectivity index (χ3v) is 4.32. The van der Waals surface area contributed by atoms with Crippen LogP contribution in [0.15, 0.2) is 6.20 Å². The van der Waals surface area contributed by atoms with E-state index in [1.54, 1.807) is 0 Å². The second kappa shape index (κ2) is 4.57. The molecule has 1 saturated heterocycles. The van der Waals surface area contributed by atoms with Gasteiger partial charge in [0.25, 0.3) is 0 Å². The van der Waals surface area contributed by atoms with Crippen LogP contribution in [-0.4, -0.2) is 28.7 Å². The van der Waals surface area contributed by atoms with Crippen molar-refractivity contribution in [1.82, 2.24) is 9.55 Å². The molecule has 1 saturated carbocycles. The molecule has 2 unspecified atom stereocenters. The molecule has 0 bridgehead atoms. The van der Waals surface area contributed by atoms with Gasteiger partial charge in [0.05, 0.1) is 5.69 Å². The van der Waals surface area contributed by atoms with Crippen LogP contribution in [0.2, 0.25) is 0 Å². The second-order valence-electron chi connectivity index (χ2n) is 5.90. The van der Waals surface area contributed by atoms with Crippen LogP contribution in [0.25, 0.3) is 0 Å². The smallest absolute Gasteiger partial charge is 0.205 e. The molecule has 1 aromatic rings. The molecule has 2 aliphatic rings. The zero-order valence-electron chi connectivity index (χ0n) is 11.5. The van der Waals surface area contributed by atoms with Crippen LogP contribution in [-0.2, 0) is 6.42 Å². The average molecular weight is 248 g/mol. The zero-order chi connectivity index (χ0) is 12.7. The molecule has 1 aliphatic heterocycles. The largest absolute Gasteiger partial charge is 0.342 e. The Morgan fingerprint density at radius 3 is 2.78 bits per heavy atom. The molecule has 0 aromatic carbocycles. The molecule has 2 N–H and O–H groups in total. The fourth-order valence-corrected chi connectivity index (χ4v) is 2.80. The van der Waals surface area contributed by atoms with Crippen LogP contribution in [0.1, 0.15) is 44.8 Å². The first-order valence-corrected chi connectivity index (χ1v) is 7.27. The maximum atomic E-state index is 6.11. The monoisotopic (exact) mass is 248 g/mol. The summed E-state index contributed by atoms with van der Waals surface area (Å²) in [5.74, 6) is 1.75. The van der Waals surface area contributed by atoms with E-state index in [2.05, 4.69) is 29.5 Å². The first kappa shape index (κ1) is 12.0. The topological polar surface area (TPSA) is 47.1 Å². The van der Waals surface area contributed by atoms with E-state index in [9.17, 15) is 0 Å². The molecule has 3 rings (SSSR count). The molecule has 1 aromatic heterocycles. The Morgan fingerprint density at radius 2 is 2.17 bits per heavy atom. The van der Waals surface area contributed by atoms with Gasteiger partial charge in [0.2, 0.25) is 5.95 Å². The molecular formula is C14H24N4. The molecule has 2 heterocycles.